The van der Waals surface area contributed by atoms with Crippen molar-refractivity contribution in [1.82, 2.24) is 24.8 Å². The number of morpholine rings is 1. The smallest absolute Gasteiger partial charge is 0.225 e. The highest BCUT2D eigenvalue weighted by atomic mass is 16.5. The molecular formula is C17H24N6O. The minimum absolute atomic E-state index is 0.151. The number of aryl methyl sites for hydroxylation is 1. The number of aromatic amines is 1. The number of hydrogen-bond acceptors (Lipinski definition) is 6. The lowest BCUT2D eigenvalue weighted by Crippen LogP contribution is -2.39. The summed E-state index contributed by atoms with van der Waals surface area (Å²) in [6.07, 6.45) is 6.22. The Balaban J connectivity index is 1.51. The molecule has 2 aromatic heterocycles. The number of aromatic nitrogens is 4. The molecule has 4 rings (SSSR count). The maximum atomic E-state index is 5.68. The van der Waals surface area contributed by atoms with Crippen LogP contribution in [0.4, 0.5) is 5.95 Å². The molecule has 1 N–H and O–H groups in total. The van der Waals surface area contributed by atoms with E-state index in [4.69, 9.17) is 9.72 Å². The molecule has 1 atom stereocenters. The molecule has 7 heteroatoms. The Morgan fingerprint density at radius 2 is 2.12 bits per heavy atom. The molecule has 0 aliphatic carbocycles. The molecule has 0 aromatic carbocycles. The van der Waals surface area contributed by atoms with Crippen LogP contribution in [0.2, 0.25) is 0 Å². The van der Waals surface area contributed by atoms with E-state index in [1.807, 2.05) is 25.4 Å². The summed E-state index contributed by atoms with van der Waals surface area (Å²) < 4.78 is 5.68. The average Bonchev–Trinajstić information content (AvgIpc) is 3.27. The third kappa shape index (κ3) is 3.27. The van der Waals surface area contributed by atoms with Gasteiger partial charge in [0.25, 0.3) is 0 Å². The number of nitrogens with zero attached hydrogens (tertiary/aromatic N) is 5. The highest BCUT2D eigenvalue weighted by Gasteiger charge is 2.27. The van der Waals surface area contributed by atoms with Gasteiger partial charge < -0.3 is 14.6 Å². The first-order valence-corrected chi connectivity index (χ1v) is 8.70. The summed E-state index contributed by atoms with van der Waals surface area (Å²) in [5, 5.41) is 0. The lowest BCUT2D eigenvalue weighted by atomic mass is 10.2. The van der Waals surface area contributed by atoms with Crippen LogP contribution >= 0.6 is 0 Å². The van der Waals surface area contributed by atoms with E-state index in [2.05, 4.69) is 24.8 Å². The number of imidazole rings is 1. The first kappa shape index (κ1) is 15.5. The van der Waals surface area contributed by atoms with Gasteiger partial charge in [-0.25, -0.2) is 15.0 Å². The van der Waals surface area contributed by atoms with Crippen LogP contribution in [-0.2, 0) is 11.3 Å². The predicted octanol–water partition coefficient (Wildman–Crippen LogP) is 1.68. The summed E-state index contributed by atoms with van der Waals surface area (Å²) in [5.74, 6) is 1.84. The summed E-state index contributed by atoms with van der Waals surface area (Å²) in [5.41, 5.74) is 2.14. The molecule has 2 saturated heterocycles. The van der Waals surface area contributed by atoms with E-state index in [9.17, 15) is 0 Å². The molecule has 0 saturated carbocycles. The van der Waals surface area contributed by atoms with Crippen LogP contribution in [0.5, 0.6) is 0 Å². The SMILES string of the molecule is Cc1cnc([C@@H]2COCCN2Cc2ccnc(N3CCCC3)n2)[nH]1. The molecule has 7 nitrogen and oxygen atoms in total. The average molecular weight is 328 g/mol. The fourth-order valence-electron chi connectivity index (χ4n) is 3.43. The molecular weight excluding hydrogens is 304 g/mol. The van der Waals surface area contributed by atoms with Gasteiger partial charge in [-0.2, -0.15) is 0 Å². The van der Waals surface area contributed by atoms with Gasteiger partial charge in [0.05, 0.1) is 24.9 Å². The molecule has 0 spiro atoms. The fraction of sp³-hybridized carbons (Fsp3) is 0.588. The standard InChI is InChI=1S/C17H24N6O/c1-13-10-19-16(20-13)15-12-24-9-8-23(15)11-14-4-5-18-17(21-14)22-6-2-3-7-22/h4-5,10,15H,2-3,6-9,11-12H2,1H3,(H,19,20)/t15-/m0/s1. The van der Waals surface area contributed by atoms with Crippen LogP contribution in [0.1, 0.15) is 36.1 Å². The van der Waals surface area contributed by atoms with Crippen molar-refractivity contribution in [2.45, 2.75) is 32.4 Å². The van der Waals surface area contributed by atoms with Gasteiger partial charge in [0, 0.05) is 44.3 Å². The van der Waals surface area contributed by atoms with Crippen molar-refractivity contribution < 1.29 is 4.74 Å². The van der Waals surface area contributed by atoms with E-state index in [1.165, 1.54) is 12.8 Å². The normalized spacial score (nSPS) is 22.2. The minimum Gasteiger partial charge on any atom is -0.378 e. The first-order valence-electron chi connectivity index (χ1n) is 8.70. The largest absolute Gasteiger partial charge is 0.378 e. The van der Waals surface area contributed by atoms with Crippen molar-refractivity contribution in [2.75, 3.05) is 37.7 Å². The minimum atomic E-state index is 0.151. The monoisotopic (exact) mass is 328 g/mol. The molecule has 2 aliphatic rings. The summed E-state index contributed by atoms with van der Waals surface area (Å²) in [7, 11) is 0. The zero-order chi connectivity index (χ0) is 16.4. The van der Waals surface area contributed by atoms with Gasteiger partial charge in [-0.05, 0) is 25.8 Å². The number of anilines is 1. The quantitative estimate of drug-likeness (QED) is 0.921. The van der Waals surface area contributed by atoms with Crippen molar-refractivity contribution in [2.24, 2.45) is 0 Å². The molecule has 2 aromatic rings. The first-order chi connectivity index (χ1) is 11.8. The number of nitrogens with one attached hydrogen (secondary N) is 1. The van der Waals surface area contributed by atoms with E-state index < -0.39 is 0 Å². The number of hydrogen-bond donors (Lipinski definition) is 1. The summed E-state index contributed by atoms with van der Waals surface area (Å²) in [6, 6.07) is 2.16. The Labute approximate surface area is 142 Å². The highest BCUT2D eigenvalue weighted by molar-refractivity contribution is 5.31. The second-order valence-corrected chi connectivity index (χ2v) is 6.55. The van der Waals surface area contributed by atoms with Crippen LogP contribution in [0, 0.1) is 6.92 Å². The Morgan fingerprint density at radius 1 is 1.25 bits per heavy atom. The van der Waals surface area contributed by atoms with Crippen molar-refractivity contribution in [3.63, 3.8) is 0 Å². The summed E-state index contributed by atoms with van der Waals surface area (Å²) in [4.78, 5) is 21.7. The third-order valence-electron chi connectivity index (χ3n) is 4.73. The predicted molar refractivity (Wildman–Crippen MR) is 90.8 cm³/mol. The molecule has 0 unspecified atom stereocenters. The van der Waals surface area contributed by atoms with E-state index in [0.29, 0.717) is 6.61 Å². The molecule has 0 bridgehead atoms. The molecule has 24 heavy (non-hydrogen) atoms. The Bertz CT molecular complexity index is 681. The Hall–Kier alpha value is -1.99. The van der Waals surface area contributed by atoms with Crippen molar-refractivity contribution in [3.8, 4) is 0 Å². The van der Waals surface area contributed by atoms with Crippen molar-refractivity contribution in [3.05, 3.63) is 35.7 Å². The number of ether oxygens (including phenoxy) is 1. The van der Waals surface area contributed by atoms with E-state index in [0.717, 1.165) is 55.9 Å². The van der Waals surface area contributed by atoms with Crippen LogP contribution in [0.25, 0.3) is 0 Å². The fourth-order valence-corrected chi connectivity index (χ4v) is 3.43. The van der Waals surface area contributed by atoms with Gasteiger partial charge in [0.2, 0.25) is 5.95 Å². The van der Waals surface area contributed by atoms with Crippen molar-refractivity contribution >= 4 is 5.95 Å². The second-order valence-electron chi connectivity index (χ2n) is 6.55. The molecule has 0 amide bonds. The number of H-pyrrole nitrogens is 1. The van der Waals surface area contributed by atoms with E-state index in [-0.39, 0.29) is 6.04 Å². The molecule has 4 heterocycles. The van der Waals surface area contributed by atoms with Crippen LogP contribution in [0.3, 0.4) is 0 Å². The molecule has 2 fully saturated rings. The van der Waals surface area contributed by atoms with Gasteiger partial charge >= 0.3 is 0 Å². The zero-order valence-corrected chi connectivity index (χ0v) is 14.1. The maximum Gasteiger partial charge on any atom is 0.225 e. The van der Waals surface area contributed by atoms with Gasteiger partial charge in [-0.15, -0.1) is 0 Å². The van der Waals surface area contributed by atoms with Gasteiger partial charge in [-0.3, -0.25) is 4.90 Å². The van der Waals surface area contributed by atoms with Crippen LogP contribution in [0.15, 0.2) is 18.5 Å². The Morgan fingerprint density at radius 3 is 2.92 bits per heavy atom. The summed E-state index contributed by atoms with van der Waals surface area (Å²) in [6.45, 7) is 7.24. The Kier molecular flexibility index (Phi) is 4.44. The van der Waals surface area contributed by atoms with Gasteiger partial charge in [-0.1, -0.05) is 0 Å². The molecule has 0 radical (unpaired) electrons. The summed E-state index contributed by atoms with van der Waals surface area (Å²) >= 11 is 0. The number of rotatable bonds is 4. The topological polar surface area (TPSA) is 70.2 Å². The molecule has 2 aliphatic heterocycles. The van der Waals surface area contributed by atoms with E-state index >= 15 is 0 Å². The van der Waals surface area contributed by atoms with Crippen LogP contribution in [-0.4, -0.2) is 57.7 Å². The second kappa shape index (κ2) is 6.86. The zero-order valence-electron chi connectivity index (χ0n) is 14.1. The van der Waals surface area contributed by atoms with Gasteiger partial charge in [0.1, 0.15) is 5.82 Å². The van der Waals surface area contributed by atoms with Crippen molar-refractivity contribution in [1.29, 1.82) is 0 Å². The lowest BCUT2D eigenvalue weighted by molar-refractivity contribution is -0.0162. The highest BCUT2D eigenvalue weighted by Crippen LogP contribution is 2.24. The molecule has 128 valence electrons. The third-order valence-corrected chi connectivity index (χ3v) is 4.73. The van der Waals surface area contributed by atoms with E-state index in [1.54, 1.807) is 0 Å². The lowest BCUT2D eigenvalue weighted by Gasteiger charge is -2.34. The van der Waals surface area contributed by atoms with Gasteiger partial charge in [0.15, 0.2) is 0 Å². The van der Waals surface area contributed by atoms with Crippen LogP contribution < -0.4 is 4.90 Å². The maximum absolute atomic E-state index is 5.68.